The van der Waals surface area contributed by atoms with Crippen LogP contribution < -0.4 is 0 Å². The Morgan fingerprint density at radius 1 is 1.53 bits per heavy atom. The quantitative estimate of drug-likeness (QED) is 0.188. The van der Waals surface area contributed by atoms with Crippen LogP contribution in [-0.2, 0) is 0 Å². The number of rotatable bonds is 4. The fourth-order valence-corrected chi connectivity index (χ4v) is 1.05. The first-order valence-corrected chi connectivity index (χ1v) is 3.94. The van der Waals surface area contributed by atoms with Gasteiger partial charge in [0.2, 0.25) is 0 Å². The number of carbonyl (C=O) groups is 1. The average Bonchev–Trinajstić information content (AvgIpc) is 2.25. The summed E-state index contributed by atoms with van der Waals surface area (Å²) in [7, 11) is 0. The van der Waals surface area contributed by atoms with Crippen LogP contribution in [0.15, 0.2) is 29.4 Å². The van der Waals surface area contributed by atoms with Gasteiger partial charge in [-0.3, -0.25) is 14.9 Å². The smallest absolute Gasteiger partial charge is 0.280 e. The summed E-state index contributed by atoms with van der Waals surface area (Å²) >= 11 is 0. The lowest BCUT2D eigenvalue weighted by Crippen LogP contribution is -2.06. The Balaban J connectivity index is 3.07. The zero-order valence-electron chi connectivity index (χ0n) is 7.53. The molecule has 7 nitrogen and oxygen atoms in total. The van der Waals surface area contributed by atoms with Crippen molar-refractivity contribution in [1.82, 2.24) is 0 Å². The van der Waals surface area contributed by atoms with Crippen molar-refractivity contribution in [3.63, 3.8) is 0 Å². The van der Waals surface area contributed by atoms with Crippen LogP contribution in [0.2, 0.25) is 0 Å². The molecule has 1 rings (SSSR count). The maximum Gasteiger partial charge on any atom is 0.280 e. The van der Waals surface area contributed by atoms with Crippen LogP contribution >= 0.6 is 0 Å². The van der Waals surface area contributed by atoms with E-state index in [4.69, 9.17) is 5.53 Å². The first-order chi connectivity index (χ1) is 7.16. The van der Waals surface area contributed by atoms with Crippen LogP contribution in [-0.4, -0.2) is 17.3 Å². The van der Waals surface area contributed by atoms with Gasteiger partial charge in [0.1, 0.15) is 0 Å². The highest BCUT2D eigenvalue weighted by molar-refractivity contribution is 6.01. The van der Waals surface area contributed by atoms with Crippen LogP contribution in [0.3, 0.4) is 0 Å². The van der Waals surface area contributed by atoms with E-state index in [2.05, 4.69) is 10.0 Å². The topological polar surface area (TPSA) is 109 Å². The lowest BCUT2D eigenvalue weighted by Gasteiger charge is -1.98. The molecule has 0 aliphatic heterocycles. The molecule has 0 spiro atoms. The van der Waals surface area contributed by atoms with Crippen molar-refractivity contribution in [1.29, 1.82) is 0 Å². The number of carbonyl (C=O) groups excluding carboxylic acids is 1. The van der Waals surface area contributed by atoms with E-state index in [1.807, 2.05) is 0 Å². The van der Waals surface area contributed by atoms with Gasteiger partial charge in [0, 0.05) is 11.0 Å². The van der Waals surface area contributed by atoms with E-state index < -0.39 is 17.3 Å². The van der Waals surface area contributed by atoms with Crippen molar-refractivity contribution in [2.24, 2.45) is 5.11 Å². The summed E-state index contributed by atoms with van der Waals surface area (Å²) in [4.78, 5) is 23.7. The second kappa shape index (κ2) is 4.73. The summed E-state index contributed by atoms with van der Waals surface area (Å²) in [6, 6.07) is 5.52. The number of benzene rings is 1. The van der Waals surface area contributed by atoms with Crippen LogP contribution in [0.4, 0.5) is 5.69 Å². The fraction of sp³-hybridized carbons (Fsp3) is 0.125. The average molecular weight is 206 g/mol. The predicted octanol–water partition coefficient (Wildman–Crippen LogP) is 2.09. The van der Waals surface area contributed by atoms with Gasteiger partial charge < -0.3 is 0 Å². The summed E-state index contributed by atoms with van der Waals surface area (Å²) in [6.45, 7) is -0.415. The van der Waals surface area contributed by atoms with Crippen molar-refractivity contribution >= 4 is 11.5 Å². The number of hydrogen-bond donors (Lipinski definition) is 0. The van der Waals surface area contributed by atoms with E-state index in [1.54, 1.807) is 0 Å². The van der Waals surface area contributed by atoms with Crippen molar-refractivity contribution < 1.29 is 9.72 Å². The lowest BCUT2D eigenvalue weighted by atomic mass is 10.1. The third kappa shape index (κ3) is 2.52. The van der Waals surface area contributed by atoms with Gasteiger partial charge in [-0.15, -0.1) is 0 Å². The van der Waals surface area contributed by atoms with E-state index in [1.165, 1.54) is 24.3 Å². The molecular formula is C8H6N4O3. The van der Waals surface area contributed by atoms with Crippen LogP contribution in [0, 0.1) is 10.1 Å². The summed E-state index contributed by atoms with van der Waals surface area (Å²) in [5, 5.41) is 13.6. The summed E-state index contributed by atoms with van der Waals surface area (Å²) < 4.78 is 0. The highest BCUT2D eigenvalue weighted by Gasteiger charge is 2.17. The minimum atomic E-state index is -0.649. The molecule has 0 atom stereocenters. The van der Waals surface area contributed by atoms with Crippen molar-refractivity contribution in [2.45, 2.75) is 0 Å². The van der Waals surface area contributed by atoms with Crippen LogP contribution in [0.1, 0.15) is 10.4 Å². The van der Waals surface area contributed by atoms with Crippen molar-refractivity contribution in [3.05, 3.63) is 50.4 Å². The number of Topliss-reactive ketones (excluding diaryl/α,β-unsaturated/α-hetero) is 1. The van der Waals surface area contributed by atoms with E-state index in [0.717, 1.165) is 0 Å². The Bertz CT molecular complexity index is 451. The summed E-state index contributed by atoms with van der Waals surface area (Å²) in [5.41, 5.74) is 7.68. The molecule has 0 saturated heterocycles. The standard InChI is InChI=1S/C8H6N4O3/c9-11-10-5-8(13)6-3-1-2-4-7(6)12(14)15/h1-4H,5H2. The molecular weight excluding hydrogens is 200 g/mol. The number of ketones is 1. The maximum atomic E-state index is 11.4. The number of para-hydroxylation sites is 1. The molecule has 1 aromatic rings. The van der Waals surface area contributed by atoms with E-state index in [0.29, 0.717) is 0 Å². The third-order valence-corrected chi connectivity index (χ3v) is 1.68. The molecule has 0 unspecified atom stereocenters. The second-order valence-corrected chi connectivity index (χ2v) is 2.59. The summed E-state index contributed by atoms with van der Waals surface area (Å²) in [6.07, 6.45) is 0. The molecule has 0 amide bonds. The van der Waals surface area contributed by atoms with E-state index in [9.17, 15) is 14.9 Å². The SMILES string of the molecule is [N-]=[N+]=NCC(=O)c1ccccc1[N+](=O)[O-]. The second-order valence-electron chi connectivity index (χ2n) is 2.59. The number of nitrogens with zero attached hydrogens (tertiary/aromatic N) is 4. The van der Waals surface area contributed by atoms with Gasteiger partial charge in [-0.25, -0.2) is 0 Å². The number of azide groups is 1. The third-order valence-electron chi connectivity index (χ3n) is 1.68. The Labute approximate surface area is 84.1 Å². The molecule has 7 heteroatoms. The Morgan fingerprint density at radius 3 is 2.80 bits per heavy atom. The lowest BCUT2D eigenvalue weighted by molar-refractivity contribution is -0.385. The molecule has 1 aromatic carbocycles. The molecule has 0 N–H and O–H groups in total. The zero-order chi connectivity index (χ0) is 11.3. The largest absolute Gasteiger partial charge is 0.294 e. The molecule has 0 heterocycles. The van der Waals surface area contributed by atoms with Gasteiger partial charge >= 0.3 is 0 Å². The Kier molecular flexibility index (Phi) is 3.37. The Morgan fingerprint density at radius 2 is 2.20 bits per heavy atom. The first-order valence-electron chi connectivity index (χ1n) is 3.94. The molecule has 15 heavy (non-hydrogen) atoms. The number of hydrogen-bond acceptors (Lipinski definition) is 4. The van der Waals surface area contributed by atoms with Gasteiger partial charge in [0.25, 0.3) is 5.69 Å². The van der Waals surface area contributed by atoms with Gasteiger partial charge in [0.15, 0.2) is 5.78 Å². The van der Waals surface area contributed by atoms with Crippen molar-refractivity contribution in [2.75, 3.05) is 6.54 Å². The minimum Gasteiger partial charge on any atom is -0.294 e. The zero-order valence-corrected chi connectivity index (χ0v) is 7.53. The van der Waals surface area contributed by atoms with E-state index >= 15 is 0 Å². The molecule has 0 aliphatic carbocycles. The molecule has 76 valence electrons. The predicted molar refractivity (Wildman–Crippen MR) is 51.4 cm³/mol. The van der Waals surface area contributed by atoms with E-state index in [-0.39, 0.29) is 11.3 Å². The first kappa shape index (κ1) is 10.7. The van der Waals surface area contributed by atoms with Crippen molar-refractivity contribution in [3.8, 4) is 0 Å². The van der Waals surface area contributed by atoms with Gasteiger partial charge in [-0.1, -0.05) is 17.2 Å². The molecule has 0 bridgehead atoms. The fourth-order valence-electron chi connectivity index (χ4n) is 1.05. The van der Waals surface area contributed by atoms with Crippen LogP contribution in [0.5, 0.6) is 0 Å². The van der Waals surface area contributed by atoms with Gasteiger partial charge in [-0.2, -0.15) is 0 Å². The minimum absolute atomic E-state index is 0.0464. The number of nitro benzene ring substituents is 1. The molecule has 0 radical (unpaired) electrons. The Hall–Kier alpha value is -2.40. The molecule has 0 fully saturated rings. The molecule has 0 saturated carbocycles. The molecule has 0 aliphatic rings. The monoisotopic (exact) mass is 206 g/mol. The normalized spacial score (nSPS) is 9.07. The van der Waals surface area contributed by atoms with Gasteiger partial charge in [-0.05, 0) is 11.6 Å². The molecule has 0 aromatic heterocycles. The number of nitro groups is 1. The van der Waals surface area contributed by atoms with Crippen LogP contribution in [0.25, 0.3) is 10.4 Å². The highest BCUT2D eigenvalue weighted by Crippen LogP contribution is 2.17. The summed E-state index contributed by atoms with van der Waals surface area (Å²) in [5.74, 6) is -0.569. The maximum absolute atomic E-state index is 11.4. The van der Waals surface area contributed by atoms with Gasteiger partial charge in [0.05, 0.1) is 17.0 Å². The highest BCUT2D eigenvalue weighted by atomic mass is 16.6.